The molecule has 0 radical (unpaired) electrons. The van der Waals surface area contributed by atoms with Crippen molar-refractivity contribution in [3.05, 3.63) is 41.7 Å². The second kappa shape index (κ2) is 16.6. The lowest BCUT2D eigenvalue weighted by atomic mass is 10.1. The summed E-state index contributed by atoms with van der Waals surface area (Å²) >= 11 is 0. The van der Waals surface area contributed by atoms with E-state index in [1.54, 1.807) is 12.4 Å². The largest absolute Gasteiger partial charge is 0.490 e. The number of halogens is 2. The topological polar surface area (TPSA) is 35.0 Å². The van der Waals surface area contributed by atoms with E-state index in [9.17, 15) is 8.78 Å². The second-order valence-electron chi connectivity index (χ2n) is 9.00. The van der Waals surface area contributed by atoms with Crippen molar-refractivity contribution in [2.45, 2.75) is 110 Å². The summed E-state index contributed by atoms with van der Waals surface area (Å²) in [6.45, 7) is 4.81. The molecule has 1 aromatic carbocycles. The Kier molecular flexibility index (Phi) is 13.6. The van der Waals surface area contributed by atoms with Gasteiger partial charge in [-0.3, -0.25) is 0 Å². The Morgan fingerprint density at radius 2 is 1.21 bits per heavy atom. The fourth-order valence-corrected chi connectivity index (χ4v) is 3.97. The predicted molar refractivity (Wildman–Crippen MR) is 133 cm³/mol. The predicted octanol–water partition coefficient (Wildman–Crippen LogP) is 8.84. The van der Waals surface area contributed by atoms with Gasteiger partial charge in [-0.15, -0.1) is 0 Å². The zero-order valence-corrected chi connectivity index (χ0v) is 20.7. The van der Waals surface area contributed by atoms with Crippen molar-refractivity contribution in [2.24, 2.45) is 0 Å². The molecule has 0 unspecified atom stereocenters. The van der Waals surface area contributed by atoms with Gasteiger partial charge in [0.15, 0.2) is 17.4 Å². The molecule has 0 fully saturated rings. The highest BCUT2D eigenvalue weighted by atomic mass is 19.2. The van der Waals surface area contributed by atoms with Crippen molar-refractivity contribution in [1.82, 2.24) is 9.97 Å². The van der Waals surface area contributed by atoms with Gasteiger partial charge < -0.3 is 4.74 Å². The van der Waals surface area contributed by atoms with Crippen LogP contribution >= 0.6 is 0 Å². The summed E-state index contributed by atoms with van der Waals surface area (Å²) in [5.41, 5.74) is 1.10. The van der Waals surface area contributed by atoms with Crippen molar-refractivity contribution in [3.63, 3.8) is 0 Å². The minimum absolute atomic E-state index is 0.0453. The van der Waals surface area contributed by atoms with Crippen LogP contribution in [0.1, 0.15) is 109 Å². The van der Waals surface area contributed by atoms with Crippen molar-refractivity contribution in [2.75, 3.05) is 6.61 Å². The van der Waals surface area contributed by atoms with Crippen LogP contribution in [0.15, 0.2) is 24.5 Å². The van der Waals surface area contributed by atoms with Crippen LogP contribution in [0.3, 0.4) is 0 Å². The Morgan fingerprint density at radius 3 is 1.82 bits per heavy atom. The average Bonchev–Trinajstić information content (AvgIpc) is 2.83. The Hall–Kier alpha value is -2.04. The number of rotatable bonds is 18. The second-order valence-corrected chi connectivity index (χ2v) is 9.00. The highest BCUT2D eigenvalue weighted by Gasteiger charge is 2.17. The summed E-state index contributed by atoms with van der Waals surface area (Å²) in [7, 11) is 0. The lowest BCUT2D eigenvalue weighted by Crippen LogP contribution is -2.03. The van der Waals surface area contributed by atoms with Crippen LogP contribution in [-0.2, 0) is 6.42 Å². The van der Waals surface area contributed by atoms with Gasteiger partial charge in [0.1, 0.15) is 0 Å². The summed E-state index contributed by atoms with van der Waals surface area (Å²) in [6, 6.07) is 2.98. The molecule has 184 valence electrons. The third kappa shape index (κ3) is 10.2. The third-order valence-electron chi connectivity index (χ3n) is 6.07. The molecule has 0 saturated carbocycles. The number of nitrogens with zero attached hydrogens (tertiary/aromatic N) is 2. The van der Waals surface area contributed by atoms with E-state index < -0.39 is 11.6 Å². The van der Waals surface area contributed by atoms with Gasteiger partial charge in [0.2, 0.25) is 5.82 Å². The monoisotopic (exact) mass is 460 g/mol. The van der Waals surface area contributed by atoms with E-state index >= 15 is 0 Å². The number of ether oxygens (including phenoxy) is 1. The van der Waals surface area contributed by atoms with Gasteiger partial charge in [-0.05, 0) is 37.0 Å². The number of hydrogen-bond donors (Lipinski definition) is 0. The van der Waals surface area contributed by atoms with Crippen molar-refractivity contribution < 1.29 is 13.5 Å². The first-order chi connectivity index (χ1) is 16.2. The van der Waals surface area contributed by atoms with Crippen LogP contribution in [0.5, 0.6) is 5.75 Å². The maximum absolute atomic E-state index is 14.6. The van der Waals surface area contributed by atoms with Gasteiger partial charge in [0.25, 0.3) is 0 Å². The van der Waals surface area contributed by atoms with Crippen LogP contribution in [0, 0.1) is 11.6 Å². The molecular formula is C28H42F2N2O. The first kappa shape index (κ1) is 27.2. The van der Waals surface area contributed by atoms with E-state index in [-0.39, 0.29) is 17.1 Å². The Bertz CT molecular complexity index is 780. The zero-order valence-electron chi connectivity index (χ0n) is 20.7. The van der Waals surface area contributed by atoms with Gasteiger partial charge in [-0.2, -0.15) is 4.39 Å². The summed E-state index contributed by atoms with van der Waals surface area (Å²) in [5, 5.41) is 0. The highest BCUT2D eigenvalue weighted by molar-refractivity contribution is 5.57. The van der Waals surface area contributed by atoms with Crippen LogP contribution in [-0.4, -0.2) is 16.6 Å². The molecule has 33 heavy (non-hydrogen) atoms. The van der Waals surface area contributed by atoms with Gasteiger partial charge >= 0.3 is 0 Å². The maximum atomic E-state index is 14.6. The SMILES string of the molecule is CCCCCCCCCCc1cnc(-c2ccc(OCCCCCCCC)c(F)c2F)nc1. The van der Waals surface area contributed by atoms with Gasteiger partial charge in [-0.25, -0.2) is 14.4 Å². The van der Waals surface area contributed by atoms with E-state index in [2.05, 4.69) is 23.8 Å². The molecule has 2 rings (SSSR count). The minimum Gasteiger partial charge on any atom is -0.490 e. The summed E-state index contributed by atoms with van der Waals surface area (Å²) in [5.74, 6) is -1.76. The minimum atomic E-state index is -0.968. The van der Waals surface area contributed by atoms with Crippen LogP contribution in [0.4, 0.5) is 8.78 Å². The average molecular weight is 461 g/mol. The van der Waals surface area contributed by atoms with Crippen LogP contribution < -0.4 is 4.74 Å². The number of unbranched alkanes of at least 4 members (excludes halogenated alkanes) is 12. The first-order valence-electron chi connectivity index (χ1n) is 13.1. The molecule has 0 N–H and O–H groups in total. The molecule has 1 heterocycles. The summed E-state index contributed by atoms with van der Waals surface area (Å²) < 4.78 is 34.6. The van der Waals surface area contributed by atoms with Crippen LogP contribution in [0.25, 0.3) is 11.4 Å². The lowest BCUT2D eigenvalue weighted by Gasteiger charge is -2.10. The molecule has 0 bridgehead atoms. The molecule has 0 aliphatic carbocycles. The Labute approximate surface area is 199 Å². The van der Waals surface area contributed by atoms with E-state index in [4.69, 9.17) is 4.74 Å². The zero-order chi connectivity index (χ0) is 23.7. The van der Waals surface area contributed by atoms with Crippen molar-refractivity contribution >= 4 is 0 Å². The fourth-order valence-electron chi connectivity index (χ4n) is 3.97. The smallest absolute Gasteiger partial charge is 0.201 e. The molecule has 1 aromatic heterocycles. The standard InChI is InChI=1S/C28H42F2N2O/c1-3-5-7-9-11-12-13-15-17-23-21-31-28(32-22-23)24-18-19-25(27(30)26(24)29)33-20-16-14-10-8-6-4-2/h18-19,21-22H,3-17,20H2,1-2H3. The third-order valence-corrected chi connectivity index (χ3v) is 6.07. The fraction of sp³-hybridized carbons (Fsp3) is 0.643. The van der Waals surface area contributed by atoms with E-state index in [1.807, 2.05) is 0 Å². The number of aromatic nitrogens is 2. The summed E-state index contributed by atoms with van der Waals surface area (Å²) in [4.78, 5) is 8.56. The summed E-state index contributed by atoms with van der Waals surface area (Å²) in [6.07, 6.45) is 21.2. The van der Waals surface area contributed by atoms with E-state index in [1.165, 1.54) is 76.3 Å². The Balaban J connectivity index is 1.77. The molecular weight excluding hydrogens is 418 g/mol. The molecule has 3 nitrogen and oxygen atoms in total. The molecule has 0 saturated heterocycles. The van der Waals surface area contributed by atoms with Gasteiger partial charge in [-0.1, -0.05) is 90.9 Å². The van der Waals surface area contributed by atoms with Gasteiger partial charge in [0, 0.05) is 12.4 Å². The van der Waals surface area contributed by atoms with Crippen molar-refractivity contribution in [1.29, 1.82) is 0 Å². The molecule has 0 amide bonds. The lowest BCUT2D eigenvalue weighted by molar-refractivity contribution is 0.285. The molecule has 0 aliphatic heterocycles. The highest BCUT2D eigenvalue weighted by Crippen LogP contribution is 2.28. The number of benzene rings is 1. The maximum Gasteiger partial charge on any atom is 0.201 e. The molecule has 0 aliphatic rings. The van der Waals surface area contributed by atoms with Crippen molar-refractivity contribution in [3.8, 4) is 17.1 Å². The van der Waals surface area contributed by atoms with Gasteiger partial charge in [0.05, 0.1) is 12.2 Å². The number of aryl methyl sites for hydroxylation is 1. The molecule has 5 heteroatoms. The molecule has 2 aromatic rings. The molecule has 0 spiro atoms. The molecule has 0 atom stereocenters. The number of hydrogen-bond acceptors (Lipinski definition) is 3. The normalized spacial score (nSPS) is 11.2. The first-order valence-corrected chi connectivity index (χ1v) is 13.1. The quantitative estimate of drug-likeness (QED) is 0.208. The van der Waals surface area contributed by atoms with E-state index in [0.29, 0.717) is 6.61 Å². The Morgan fingerprint density at radius 1 is 0.667 bits per heavy atom. The van der Waals surface area contributed by atoms with Crippen LogP contribution in [0.2, 0.25) is 0 Å². The van der Waals surface area contributed by atoms with E-state index in [0.717, 1.165) is 37.7 Å².